The van der Waals surface area contributed by atoms with Crippen LogP contribution >= 0.6 is 0 Å². The van der Waals surface area contributed by atoms with Gasteiger partial charge in [-0.2, -0.15) is 0 Å². The van der Waals surface area contributed by atoms with Crippen LogP contribution in [-0.4, -0.2) is 38.4 Å². The van der Waals surface area contributed by atoms with Gasteiger partial charge in [0, 0.05) is 57.3 Å². The summed E-state index contributed by atoms with van der Waals surface area (Å²) in [4.78, 5) is 22.8. The summed E-state index contributed by atoms with van der Waals surface area (Å²) >= 11 is 0. The second-order valence-electron chi connectivity index (χ2n) is 5.91. The van der Waals surface area contributed by atoms with Gasteiger partial charge in [0.2, 0.25) is 5.91 Å². The van der Waals surface area contributed by atoms with E-state index in [-0.39, 0.29) is 5.91 Å². The van der Waals surface area contributed by atoms with Crippen LogP contribution in [0.1, 0.15) is 36.6 Å². The lowest BCUT2D eigenvalue weighted by Crippen LogP contribution is -2.38. The third-order valence-corrected chi connectivity index (χ3v) is 4.45. The lowest BCUT2D eigenvalue weighted by molar-refractivity contribution is -0.132. The molecule has 0 N–H and O–H groups in total. The Morgan fingerprint density at radius 2 is 1.95 bits per heavy atom. The summed E-state index contributed by atoms with van der Waals surface area (Å²) < 4.78 is 2.09. The van der Waals surface area contributed by atoms with Crippen molar-refractivity contribution in [2.75, 3.05) is 13.1 Å². The van der Waals surface area contributed by atoms with Gasteiger partial charge in [0.1, 0.15) is 5.82 Å². The zero-order chi connectivity index (χ0) is 15.4. The highest BCUT2D eigenvalue weighted by atomic mass is 16.2. The maximum absolute atomic E-state index is 12.3. The van der Waals surface area contributed by atoms with E-state index in [2.05, 4.69) is 14.5 Å². The van der Waals surface area contributed by atoms with Crippen molar-refractivity contribution in [3.63, 3.8) is 0 Å². The van der Waals surface area contributed by atoms with Crippen molar-refractivity contribution in [2.24, 2.45) is 7.05 Å². The second-order valence-corrected chi connectivity index (χ2v) is 5.91. The van der Waals surface area contributed by atoms with Gasteiger partial charge in [0.05, 0.1) is 0 Å². The molecule has 0 aliphatic carbocycles. The summed E-state index contributed by atoms with van der Waals surface area (Å²) in [6, 6.07) is 3.95. The van der Waals surface area contributed by atoms with Crippen molar-refractivity contribution in [2.45, 2.75) is 31.6 Å². The Morgan fingerprint density at radius 1 is 1.23 bits per heavy atom. The van der Waals surface area contributed by atoms with E-state index in [0.717, 1.165) is 38.2 Å². The Bertz CT molecular complexity index is 615. The minimum atomic E-state index is 0.259. The predicted molar refractivity (Wildman–Crippen MR) is 84.3 cm³/mol. The van der Waals surface area contributed by atoms with Crippen molar-refractivity contribution in [3.8, 4) is 0 Å². The van der Waals surface area contributed by atoms with Crippen molar-refractivity contribution in [1.29, 1.82) is 0 Å². The van der Waals surface area contributed by atoms with Crippen molar-refractivity contribution < 1.29 is 4.79 Å². The van der Waals surface area contributed by atoms with E-state index in [9.17, 15) is 4.79 Å². The molecule has 116 valence electrons. The first-order valence-electron chi connectivity index (χ1n) is 7.88. The Balaban J connectivity index is 1.49. The molecule has 5 heteroatoms. The van der Waals surface area contributed by atoms with Crippen LogP contribution in [0.4, 0.5) is 0 Å². The van der Waals surface area contributed by atoms with Gasteiger partial charge in [0.25, 0.3) is 0 Å². The number of aromatic nitrogens is 3. The van der Waals surface area contributed by atoms with E-state index < -0.39 is 0 Å². The van der Waals surface area contributed by atoms with E-state index in [0.29, 0.717) is 12.3 Å². The van der Waals surface area contributed by atoms with Crippen LogP contribution in [0.3, 0.4) is 0 Å². The standard InChI is InChI=1S/C17H22N4O/c1-20-13-10-19-17(20)15-6-11-21(12-7-15)16(22)3-2-14-4-8-18-9-5-14/h4-5,8-10,13,15H,2-3,6-7,11-12H2,1H3. The van der Waals surface area contributed by atoms with Gasteiger partial charge in [-0.1, -0.05) is 0 Å². The maximum atomic E-state index is 12.3. The Labute approximate surface area is 131 Å². The molecule has 0 radical (unpaired) electrons. The summed E-state index contributed by atoms with van der Waals surface area (Å²) in [5.41, 5.74) is 1.17. The second kappa shape index (κ2) is 6.73. The number of aryl methyl sites for hydroxylation is 2. The number of pyridine rings is 1. The quantitative estimate of drug-likeness (QED) is 0.869. The van der Waals surface area contributed by atoms with Crippen LogP contribution in [-0.2, 0) is 18.3 Å². The molecule has 0 bridgehead atoms. The predicted octanol–water partition coefficient (Wildman–Crippen LogP) is 2.15. The summed E-state index contributed by atoms with van der Waals surface area (Å²) in [6.07, 6.45) is 10.8. The Kier molecular flexibility index (Phi) is 4.51. The summed E-state index contributed by atoms with van der Waals surface area (Å²) in [5, 5.41) is 0. The van der Waals surface area contributed by atoms with Gasteiger partial charge in [-0.15, -0.1) is 0 Å². The molecule has 1 saturated heterocycles. The molecule has 1 aliphatic heterocycles. The van der Waals surface area contributed by atoms with E-state index in [1.54, 1.807) is 12.4 Å². The molecule has 1 aliphatic rings. The number of nitrogens with zero attached hydrogens (tertiary/aromatic N) is 4. The monoisotopic (exact) mass is 298 g/mol. The van der Waals surface area contributed by atoms with Crippen LogP contribution in [0, 0.1) is 0 Å². The van der Waals surface area contributed by atoms with Gasteiger partial charge in [0.15, 0.2) is 0 Å². The van der Waals surface area contributed by atoms with E-state index in [1.165, 1.54) is 5.56 Å². The van der Waals surface area contributed by atoms with Crippen molar-refractivity contribution >= 4 is 5.91 Å². The number of hydrogen-bond acceptors (Lipinski definition) is 3. The highest BCUT2D eigenvalue weighted by Crippen LogP contribution is 2.26. The first kappa shape index (κ1) is 14.8. The first-order valence-corrected chi connectivity index (χ1v) is 7.88. The lowest BCUT2D eigenvalue weighted by Gasteiger charge is -2.31. The minimum Gasteiger partial charge on any atom is -0.343 e. The molecule has 2 aromatic rings. The van der Waals surface area contributed by atoms with Crippen LogP contribution in [0.2, 0.25) is 0 Å². The van der Waals surface area contributed by atoms with Crippen LogP contribution in [0.5, 0.6) is 0 Å². The Hall–Kier alpha value is -2.17. The highest BCUT2D eigenvalue weighted by Gasteiger charge is 2.25. The van der Waals surface area contributed by atoms with E-state index in [4.69, 9.17) is 0 Å². The molecule has 5 nitrogen and oxygen atoms in total. The molecule has 0 unspecified atom stereocenters. The number of amides is 1. The average Bonchev–Trinajstić information content (AvgIpc) is 3.00. The van der Waals surface area contributed by atoms with Gasteiger partial charge in [-0.05, 0) is 37.0 Å². The SMILES string of the molecule is Cn1ccnc1C1CCN(C(=O)CCc2ccncc2)CC1. The largest absolute Gasteiger partial charge is 0.343 e. The normalized spacial score (nSPS) is 16.0. The molecular formula is C17H22N4O. The van der Waals surface area contributed by atoms with E-state index >= 15 is 0 Å². The summed E-state index contributed by atoms with van der Waals surface area (Å²) in [7, 11) is 2.04. The van der Waals surface area contributed by atoms with E-state index in [1.807, 2.05) is 36.5 Å². The number of likely N-dealkylation sites (tertiary alicyclic amines) is 1. The smallest absolute Gasteiger partial charge is 0.222 e. The van der Waals surface area contributed by atoms with Crippen molar-refractivity contribution in [3.05, 3.63) is 48.3 Å². The molecule has 0 saturated carbocycles. The topological polar surface area (TPSA) is 51.0 Å². The van der Waals surface area contributed by atoms with Crippen molar-refractivity contribution in [1.82, 2.24) is 19.4 Å². The lowest BCUT2D eigenvalue weighted by atomic mass is 9.95. The molecule has 22 heavy (non-hydrogen) atoms. The molecule has 0 spiro atoms. The number of carbonyl (C=O) groups is 1. The minimum absolute atomic E-state index is 0.259. The molecule has 3 rings (SSSR count). The van der Waals surface area contributed by atoms with Gasteiger partial charge >= 0.3 is 0 Å². The first-order chi connectivity index (χ1) is 10.7. The fourth-order valence-corrected chi connectivity index (χ4v) is 3.12. The zero-order valence-corrected chi connectivity index (χ0v) is 13.0. The average molecular weight is 298 g/mol. The fourth-order valence-electron chi connectivity index (χ4n) is 3.12. The third kappa shape index (κ3) is 3.35. The number of imidazole rings is 1. The molecule has 1 amide bonds. The van der Waals surface area contributed by atoms with Gasteiger partial charge in [-0.25, -0.2) is 4.98 Å². The highest BCUT2D eigenvalue weighted by molar-refractivity contribution is 5.76. The van der Waals surface area contributed by atoms with Crippen LogP contribution < -0.4 is 0 Å². The molecular weight excluding hydrogens is 276 g/mol. The molecule has 1 fully saturated rings. The summed E-state index contributed by atoms with van der Waals surface area (Å²) in [5.74, 6) is 1.88. The molecule has 3 heterocycles. The summed E-state index contributed by atoms with van der Waals surface area (Å²) in [6.45, 7) is 1.68. The number of piperidine rings is 1. The number of hydrogen-bond donors (Lipinski definition) is 0. The third-order valence-electron chi connectivity index (χ3n) is 4.45. The fraction of sp³-hybridized carbons (Fsp3) is 0.471. The van der Waals surface area contributed by atoms with Crippen LogP contribution in [0.25, 0.3) is 0 Å². The Morgan fingerprint density at radius 3 is 2.59 bits per heavy atom. The van der Waals surface area contributed by atoms with Gasteiger partial charge in [-0.3, -0.25) is 9.78 Å². The van der Waals surface area contributed by atoms with Crippen LogP contribution in [0.15, 0.2) is 36.9 Å². The number of rotatable bonds is 4. The molecule has 0 aromatic carbocycles. The molecule has 0 atom stereocenters. The van der Waals surface area contributed by atoms with Gasteiger partial charge < -0.3 is 9.47 Å². The number of carbonyl (C=O) groups excluding carboxylic acids is 1. The molecule has 2 aromatic heterocycles. The maximum Gasteiger partial charge on any atom is 0.222 e. The zero-order valence-electron chi connectivity index (χ0n) is 13.0.